The molecule has 0 aromatic carbocycles. The molecule has 0 aliphatic heterocycles. The molecule has 0 aliphatic rings. The largest absolute Gasteiger partial charge is 0.480 e. The van der Waals surface area contributed by atoms with Crippen LogP contribution in [0.2, 0.25) is 0 Å². The van der Waals surface area contributed by atoms with Crippen LogP contribution in [0.4, 0.5) is 0 Å². The van der Waals surface area contributed by atoms with Crippen LogP contribution in [0, 0.1) is 5.92 Å². The minimum atomic E-state index is -1.49. The first-order valence-electron chi connectivity index (χ1n) is 10.1. The Hall–Kier alpha value is -3.46. The quantitative estimate of drug-likeness (QED) is 0.0622. The van der Waals surface area contributed by atoms with Crippen LogP contribution in [0.3, 0.4) is 0 Å². The molecule has 0 bridgehead atoms. The van der Waals surface area contributed by atoms with Gasteiger partial charge in [0.25, 0.3) is 0 Å². The number of hydrogen-bond acceptors (Lipinski definition) is 8. The number of amides is 4. The summed E-state index contributed by atoms with van der Waals surface area (Å²) in [7, 11) is 0. The van der Waals surface area contributed by atoms with Crippen molar-refractivity contribution >= 4 is 35.6 Å². The number of aliphatic hydroxyl groups excluding tert-OH is 1. The fraction of sp³-hybridized carbons (Fsp3) is 0.667. The van der Waals surface area contributed by atoms with E-state index in [1.165, 1.54) is 0 Å². The number of hydrogen-bond donors (Lipinski definition) is 9. The Morgan fingerprint density at radius 3 is 1.91 bits per heavy atom. The average molecular weight is 475 g/mol. The van der Waals surface area contributed by atoms with Gasteiger partial charge in [-0.1, -0.05) is 13.8 Å². The van der Waals surface area contributed by atoms with Crippen molar-refractivity contribution in [2.24, 2.45) is 33.8 Å². The molecular weight excluding hydrogens is 440 g/mol. The Morgan fingerprint density at radius 1 is 0.909 bits per heavy atom. The number of rotatable bonds is 15. The summed E-state index contributed by atoms with van der Waals surface area (Å²) in [6.45, 7) is 2.44. The standard InChI is InChI=1S/C18H34N8O7/c1-8(2)13(17(32)33)26-16(31)11(7-27)25-15(30)10(4-3-5-23-18(21)22)24-14(29)9(19)6-12(20)28/h8-11,13,27H,3-7,19H2,1-2H3,(H2,20,28)(H,24,29)(H,25,30)(H,26,31)(H,32,33)(H4,21,22,23). The Morgan fingerprint density at radius 2 is 1.45 bits per heavy atom. The molecule has 15 nitrogen and oxygen atoms in total. The number of nitrogens with one attached hydrogen (secondary N) is 3. The van der Waals surface area contributed by atoms with E-state index >= 15 is 0 Å². The van der Waals surface area contributed by atoms with Gasteiger partial charge in [0.05, 0.1) is 19.1 Å². The summed E-state index contributed by atoms with van der Waals surface area (Å²) in [5.74, 6) is -5.36. The van der Waals surface area contributed by atoms with Crippen LogP contribution in [-0.2, 0) is 24.0 Å². The fourth-order valence-corrected chi connectivity index (χ4v) is 2.59. The van der Waals surface area contributed by atoms with E-state index in [1.807, 2.05) is 0 Å². The lowest BCUT2D eigenvalue weighted by Gasteiger charge is -2.25. The van der Waals surface area contributed by atoms with Gasteiger partial charge >= 0.3 is 5.97 Å². The Labute approximate surface area is 190 Å². The number of primary amides is 1. The summed E-state index contributed by atoms with van der Waals surface area (Å²) in [5.41, 5.74) is 21.1. The maximum atomic E-state index is 12.7. The third kappa shape index (κ3) is 11.6. The first-order chi connectivity index (χ1) is 15.3. The Balaban J connectivity index is 5.37. The molecule has 0 aromatic rings. The lowest BCUT2D eigenvalue weighted by molar-refractivity contribution is -0.143. The molecule has 4 unspecified atom stereocenters. The molecule has 4 atom stereocenters. The molecule has 0 heterocycles. The van der Waals surface area contributed by atoms with Gasteiger partial charge in [0.15, 0.2) is 5.96 Å². The van der Waals surface area contributed by atoms with Crippen LogP contribution in [-0.4, -0.2) is 83.1 Å². The molecule has 0 radical (unpaired) electrons. The van der Waals surface area contributed by atoms with E-state index < -0.39 is 72.7 Å². The number of carboxylic acids is 1. The first-order valence-corrected chi connectivity index (χ1v) is 10.1. The van der Waals surface area contributed by atoms with Crippen molar-refractivity contribution in [3.05, 3.63) is 0 Å². The summed E-state index contributed by atoms with van der Waals surface area (Å²) in [5, 5.41) is 25.6. The maximum Gasteiger partial charge on any atom is 0.326 e. The van der Waals surface area contributed by atoms with Crippen LogP contribution < -0.4 is 38.9 Å². The van der Waals surface area contributed by atoms with Gasteiger partial charge < -0.3 is 49.1 Å². The molecule has 0 spiro atoms. The Kier molecular flexibility index (Phi) is 13.0. The zero-order chi connectivity index (χ0) is 25.7. The number of guanidine groups is 1. The number of carboxylic acid groups (broad SMARTS) is 1. The molecule has 4 amide bonds. The van der Waals surface area contributed by atoms with Crippen LogP contribution in [0.15, 0.2) is 4.99 Å². The van der Waals surface area contributed by atoms with Crippen LogP contribution in [0.1, 0.15) is 33.1 Å². The van der Waals surface area contributed by atoms with E-state index in [0.29, 0.717) is 0 Å². The van der Waals surface area contributed by atoms with Crippen LogP contribution in [0.5, 0.6) is 0 Å². The predicted molar refractivity (Wildman–Crippen MR) is 117 cm³/mol. The highest BCUT2D eigenvalue weighted by Gasteiger charge is 2.31. The number of aliphatic carboxylic acids is 1. The molecular formula is C18H34N8O7. The molecule has 0 rings (SSSR count). The lowest BCUT2D eigenvalue weighted by Crippen LogP contribution is -2.58. The summed E-state index contributed by atoms with van der Waals surface area (Å²) in [6, 6.07) is -5.28. The van der Waals surface area contributed by atoms with Crippen LogP contribution >= 0.6 is 0 Å². The van der Waals surface area contributed by atoms with Gasteiger partial charge in [0.2, 0.25) is 23.6 Å². The number of aliphatic imine (C=N–C) groups is 1. The van der Waals surface area contributed by atoms with Gasteiger partial charge in [-0.05, 0) is 18.8 Å². The molecule has 0 aliphatic carbocycles. The van der Waals surface area contributed by atoms with Crippen molar-refractivity contribution in [2.75, 3.05) is 13.2 Å². The molecule has 13 N–H and O–H groups in total. The predicted octanol–water partition coefficient (Wildman–Crippen LogP) is -4.57. The smallest absolute Gasteiger partial charge is 0.326 e. The minimum Gasteiger partial charge on any atom is -0.480 e. The number of aliphatic hydroxyl groups is 1. The van der Waals surface area contributed by atoms with E-state index in [4.69, 9.17) is 22.9 Å². The van der Waals surface area contributed by atoms with Gasteiger partial charge in [-0.15, -0.1) is 0 Å². The SMILES string of the molecule is CC(C)C(NC(=O)C(CO)NC(=O)C(CCCN=C(N)N)NC(=O)C(N)CC(N)=O)C(=O)O. The number of carbonyl (C=O) groups is 5. The fourth-order valence-electron chi connectivity index (χ4n) is 2.59. The van der Waals surface area contributed by atoms with Gasteiger partial charge in [-0.3, -0.25) is 24.2 Å². The van der Waals surface area contributed by atoms with E-state index in [2.05, 4.69) is 20.9 Å². The maximum absolute atomic E-state index is 12.7. The van der Waals surface area contributed by atoms with Crippen molar-refractivity contribution in [2.45, 2.75) is 57.3 Å². The van der Waals surface area contributed by atoms with Crippen molar-refractivity contribution in [3.8, 4) is 0 Å². The van der Waals surface area contributed by atoms with E-state index in [1.54, 1.807) is 13.8 Å². The summed E-state index contributed by atoms with van der Waals surface area (Å²) >= 11 is 0. The molecule has 0 fully saturated rings. The van der Waals surface area contributed by atoms with E-state index in [9.17, 15) is 34.2 Å². The van der Waals surface area contributed by atoms with Crippen LogP contribution in [0.25, 0.3) is 0 Å². The highest BCUT2D eigenvalue weighted by atomic mass is 16.4. The summed E-state index contributed by atoms with van der Waals surface area (Å²) in [6.07, 6.45) is -0.200. The van der Waals surface area contributed by atoms with E-state index in [0.717, 1.165) is 0 Å². The molecule has 0 saturated heterocycles. The molecule has 188 valence electrons. The first kappa shape index (κ1) is 29.5. The number of carbonyl (C=O) groups excluding carboxylic acids is 4. The van der Waals surface area contributed by atoms with Crippen molar-refractivity contribution < 1.29 is 34.2 Å². The molecule has 33 heavy (non-hydrogen) atoms. The van der Waals surface area contributed by atoms with Gasteiger partial charge in [-0.25, -0.2) is 4.79 Å². The highest BCUT2D eigenvalue weighted by Crippen LogP contribution is 2.04. The Bertz CT molecular complexity index is 739. The summed E-state index contributed by atoms with van der Waals surface area (Å²) < 4.78 is 0. The molecule has 0 saturated carbocycles. The van der Waals surface area contributed by atoms with Gasteiger partial charge in [0, 0.05) is 6.54 Å². The summed E-state index contributed by atoms with van der Waals surface area (Å²) in [4.78, 5) is 63.4. The number of nitrogens with zero attached hydrogens (tertiary/aromatic N) is 1. The van der Waals surface area contributed by atoms with Gasteiger partial charge in [0.1, 0.15) is 18.1 Å². The molecule has 0 aromatic heterocycles. The normalized spacial score (nSPS) is 14.3. The third-order valence-corrected chi connectivity index (χ3v) is 4.38. The topological polar surface area (TPSA) is 278 Å². The minimum absolute atomic E-state index is 0.0150. The van der Waals surface area contributed by atoms with Crippen molar-refractivity contribution in [3.63, 3.8) is 0 Å². The molecule has 15 heteroatoms. The second-order valence-corrected chi connectivity index (χ2v) is 7.60. The van der Waals surface area contributed by atoms with Crippen molar-refractivity contribution in [1.29, 1.82) is 0 Å². The zero-order valence-corrected chi connectivity index (χ0v) is 18.6. The monoisotopic (exact) mass is 474 g/mol. The highest BCUT2D eigenvalue weighted by molar-refractivity contribution is 5.95. The van der Waals surface area contributed by atoms with Crippen molar-refractivity contribution in [1.82, 2.24) is 16.0 Å². The number of nitrogens with two attached hydrogens (primary N) is 4. The second-order valence-electron chi connectivity index (χ2n) is 7.60. The third-order valence-electron chi connectivity index (χ3n) is 4.38. The average Bonchev–Trinajstić information content (AvgIpc) is 2.70. The zero-order valence-electron chi connectivity index (χ0n) is 18.6. The second kappa shape index (κ2) is 14.6. The van der Waals surface area contributed by atoms with Gasteiger partial charge in [-0.2, -0.15) is 0 Å². The lowest BCUT2D eigenvalue weighted by atomic mass is 10.0. The van der Waals surface area contributed by atoms with E-state index in [-0.39, 0.29) is 25.3 Å².